The SMILES string of the molecule is Fc1nc(C2=NC(F)(F)[C@@](F)(c3ccccc3)S2)sc1-c1ccccc1. The van der Waals surface area contributed by atoms with Crippen molar-refractivity contribution in [2.45, 2.75) is 11.0 Å². The highest BCUT2D eigenvalue weighted by Gasteiger charge is 2.62. The summed E-state index contributed by atoms with van der Waals surface area (Å²) in [5, 5.41) is -3.44. The quantitative estimate of drug-likeness (QED) is 0.411. The third kappa shape index (κ3) is 2.73. The number of thioether (sulfide) groups is 1. The Morgan fingerprint density at radius 2 is 1.46 bits per heavy atom. The molecule has 3 aromatic rings. The van der Waals surface area contributed by atoms with Crippen LogP contribution in [0, 0.1) is 5.95 Å². The van der Waals surface area contributed by atoms with Crippen LogP contribution in [-0.4, -0.2) is 16.1 Å². The lowest BCUT2D eigenvalue weighted by molar-refractivity contribution is -0.0815. The van der Waals surface area contributed by atoms with Crippen LogP contribution in [0.3, 0.4) is 0 Å². The number of rotatable bonds is 3. The first-order valence-corrected chi connectivity index (χ1v) is 9.17. The van der Waals surface area contributed by atoms with Crippen LogP contribution in [0.5, 0.6) is 0 Å². The second-order valence-electron chi connectivity index (χ2n) is 5.53. The zero-order chi connectivity index (χ0) is 18.4. The lowest BCUT2D eigenvalue weighted by atomic mass is 10.1. The Kier molecular flexibility index (Phi) is 4.11. The van der Waals surface area contributed by atoms with Gasteiger partial charge in [-0.2, -0.15) is 13.2 Å². The molecule has 0 aliphatic carbocycles. The molecule has 1 aliphatic rings. The lowest BCUT2D eigenvalue weighted by Gasteiger charge is -2.24. The summed E-state index contributed by atoms with van der Waals surface area (Å²) in [5.41, 5.74) is 0.368. The van der Waals surface area contributed by atoms with Crippen molar-refractivity contribution in [1.82, 2.24) is 4.98 Å². The lowest BCUT2D eigenvalue weighted by Crippen LogP contribution is -2.33. The highest BCUT2D eigenvalue weighted by atomic mass is 32.2. The standard InChI is InChI=1S/C18H10F4N2S2/c19-14-13(11-7-3-1-4-8-11)25-15(23-14)16-24-18(21,22)17(20,26-16)12-9-5-2-6-10-12/h1-10H/t17-/m1/s1. The summed E-state index contributed by atoms with van der Waals surface area (Å²) >= 11 is 1.13. The van der Waals surface area contributed by atoms with Gasteiger partial charge >= 0.3 is 6.05 Å². The Balaban J connectivity index is 1.72. The topological polar surface area (TPSA) is 25.2 Å². The maximum atomic E-state index is 15.2. The molecule has 2 aromatic carbocycles. The number of hydrogen-bond donors (Lipinski definition) is 0. The third-order valence-corrected chi connectivity index (χ3v) is 6.27. The molecule has 0 fully saturated rings. The molecule has 1 aliphatic heterocycles. The first kappa shape index (κ1) is 17.2. The number of thiazole rings is 1. The molecule has 8 heteroatoms. The van der Waals surface area contributed by atoms with Gasteiger partial charge in [0.15, 0.2) is 5.01 Å². The number of benzene rings is 2. The van der Waals surface area contributed by atoms with Crippen LogP contribution in [0.25, 0.3) is 10.4 Å². The van der Waals surface area contributed by atoms with Crippen LogP contribution in [0.4, 0.5) is 17.6 Å². The molecule has 0 unspecified atom stereocenters. The molecule has 0 amide bonds. The molecular formula is C18H10F4N2S2. The highest BCUT2D eigenvalue weighted by molar-refractivity contribution is 8.15. The van der Waals surface area contributed by atoms with E-state index in [1.165, 1.54) is 24.3 Å². The van der Waals surface area contributed by atoms with E-state index in [9.17, 15) is 13.2 Å². The maximum Gasteiger partial charge on any atom is 0.391 e. The Labute approximate surface area is 154 Å². The molecule has 4 rings (SSSR count). The number of aromatic nitrogens is 1. The van der Waals surface area contributed by atoms with Gasteiger partial charge in [-0.25, -0.2) is 14.4 Å². The molecule has 0 saturated carbocycles. The van der Waals surface area contributed by atoms with Crippen molar-refractivity contribution in [1.29, 1.82) is 0 Å². The van der Waals surface area contributed by atoms with Crippen molar-refractivity contribution in [2.24, 2.45) is 4.99 Å². The number of hydrogen-bond acceptors (Lipinski definition) is 4. The number of alkyl halides is 3. The highest BCUT2D eigenvalue weighted by Crippen LogP contribution is 2.57. The molecule has 0 radical (unpaired) electrons. The van der Waals surface area contributed by atoms with E-state index in [2.05, 4.69) is 9.98 Å². The van der Waals surface area contributed by atoms with E-state index in [-0.39, 0.29) is 32.3 Å². The number of nitrogens with zero attached hydrogens (tertiary/aromatic N) is 2. The second-order valence-corrected chi connectivity index (χ2v) is 7.68. The molecule has 132 valence electrons. The minimum Gasteiger partial charge on any atom is -0.217 e. The zero-order valence-corrected chi connectivity index (χ0v) is 14.6. The summed E-state index contributed by atoms with van der Waals surface area (Å²) in [6, 6.07) is 11.7. The maximum absolute atomic E-state index is 15.2. The average Bonchev–Trinajstić information content (AvgIpc) is 3.15. The summed E-state index contributed by atoms with van der Waals surface area (Å²) in [4.78, 5) is 7.11. The fourth-order valence-corrected chi connectivity index (χ4v) is 4.62. The van der Waals surface area contributed by atoms with Gasteiger partial charge in [0.25, 0.3) is 5.00 Å². The molecular weight excluding hydrogens is 384 g/mol. The largest absolute Gasteiger partial charge is 0.391 e. The molecule has 0 spiro atoms. The van der Waals surface area contributed by atoms with Gasteiger partial charge in [-0.15, -0.1) is 11.3 Å². The summed E-state index contributed by atoms with van der Waals surface area (Å²) in [7, 11) is 0. The van der Waals surface area contributed by atoms with Crippen molar-refractivity contribution in [2.75, 3.05) is 0 Å². The Morgan fingerprint density at radius 1 is 0.846 bits per heavy atom. The second kappa shape index (κ2) is 6.21. The van der Waals surface area contributed by atoms with Crippen LogP contribution in [0.2, 0.25) is 0 Å². The van der Waals surface area contributed by atoms with Crippen LogP contribution in [-0.2, 0) is 5.00 Å². The van der Waals surface area contributed by atoms with Gasteiger partial charge in [-0.05, 0) is 17.3 Å². The molecule has 1 atom stereocenters. The predicted molar refractivity (Wildman–Crippen MR) is 95.8 cm³/mol. The Morgan fingerprint density at radius 3 is 2.12 bits per heavy atom. The van der Waals surface area contributed by atoms with Crippen LogP contribution in [0.1, 0.15) is 10.6 Å². The van der Waals surface area contributed by atoms with Crippen LogP contribution >= 0.6 is 23.1 Å². The molecule has 0 N–H and O–H groups in total. The van der Waals surface area contributed by atoms with Gasteiger partial charge in [0.05, 0.1) is 4.88 Å². The van der Waals surface area contributed by atoms with Gasteiger partial charge in [0.1, 0.15) is 5.04 Å². The van der Waals surface area contributed by atoms with Gasteiger partial charge in [0, 0.05) is 5.56 Å². The first-order chi connectivity index (χ1) is 12.4. The monoisotopic (exact) mass is 394 g/mol. The molecule has 1 aromatic heterocycles. The molecule has 0 bridgehead atoms. The van der Waals surface area contributed by atoms with Crippen molar-refractivity contribution < 1.29 is 17.6 Å². The summed E-state index contributed by atoms with van der Waals surface area (Å²) in [6.45, 7) is 0. The van der Waals surface area contributed by atoms with Crippen LogP contribution in [0.15, 0.2) is 65.7 Å². The molecule has 2 heterocycles. The van der Waals surface area contributed by atoms with E-state index >= 15 is 4.39 Å². The van der Waals surface area contributed by atoms with E-state index in [4.69, 9.17) is 0 Å². The Hall–Kier alpha value is -2.19. The molecule has 0 saturated heterocycles. The fraction of sp³-hybridized carbons (Fsp3) is 0.111. The van der Waals surface area contributed by atoms with Crippen molar-refractivity contribution in [3.63, 3.8) is 0 Å². The van der Waals surface area contributed by atoms with Crippen LogP contribution < -0.4 is 0 Å². The van der Waals surface area contributed by atoms with Gasteiger partial charge < -0.3 is 0 Å². The van der Waals surface area contributed by atoms with Gasteiger partial charge in [0.2, 0.25) is 5.95 Å². The van der Waals surface area contributed by atoms with Gasteiger partial charge in [-0.3, -0.25) is 0 Å². The normalized spacial score (nSPS) is 21.6. The smallest absolute Gasteiger partial charge is 0.217 e. The van der Waals surface area contributed by atoms with E-state index < -0.39 is 17.0 Å². The first-order valence-electron chi connectivity index (χ1n) is 7.54. The minimum atomic E-state index is -3.98. The van der Waals surface area contributed by atoms with Gasteiger partial charge in [-0.1, -0.05) is 60.7 Å². The summed E-state index contributed by atoms with van der Waals surface area (Å²) in [6.07, 6.45) is 0. The zero-order valence-electron chi connectivity index (χ0n) is 13.0. The fourth-order valence-electron chi connectivity index (χ4n) is 2.55. The van der Waals surface area contributed by atoms with Crippen molar-refractivity contribution in [3.8, 4) is 10.4 Å². The van der Waals surface area contributed by atoms with E-state index in [1.54, 1.807) is 36.4 Å². The Bertz CT molecular complexity index is 973. The predicted octanol–water partition coefficient (Wildman–Crippen LogP) is 5.86. The van der Waals surface area contributed by atoms with E-state index in [1.807, 2.05) is 0 Å². The number of halogens is 4. The van der Waals surface area contributed by atoms with E-state index in [0.717, 1.165) is 11.3 Å². The van der Waals surface area contributed by atoms with Crippen molar-refractivity contribution >= 4 is 28.1 Å². The molecule has 26 heavy (non-hydrogen) atoms. The van der Waals surface area contributed by atoms with Crippen molar-refractivity contribution in [3.05, 3.63) is 77.2 Å². The van der Waals surface area contributed by atoms with E-state index in [0.29, 0.717) is 5.56 Å². The third-order valence-electron chi connectivity index (χ3n) is 3.82. The summed E-state index contributed by atoms with van der Waals surface area (Å²) < 4.78 is 58.1. The molecule has 2 nitrogen and oxygen atoms in total. The summed E-state index contributed by atoms with van der Waals surface area (Å²) in [5.74, 6) is -0.793. The average molecular weight is 394 g/mol. The number of aliphatic imine (C=N–C) groups is 1. The minimum absolute atomic E-state index is 0.0681.